The van der Waals surface area contributed by atoms with Crippen molar-refractivity contribution in [2.45, 2.75) is 45.1 Å². The molecule has 0 aromatic heterocycles. The van der Waals surface area contributed by atoms with Crippen LogP contribution < -0.4 is 4.74 Å². The Balaban J connectivity index is 1.47. The van der Waals surface area contributed by atoms with E-state index in [1.807, 2.05) is 29.2 Å². The second-order valence-corrected chi connectivity index (χ2v) is 6.66. The van der Waals surface area contributed by atoms with E-state index in [1.54, 1.807) is 0 Å². The summed E-state index contributed by atoms with van der Waals surface area (Å²) in [6, 6.07) is 7.50. The highest BCUT2D eigenvalue weighted by atomic mass is 16.5. The number of carbonyl (C=O) groups is 1. The lowest BCUT2D eigenvalue weighted by atomic mass is 10.2. The fourth-order valence-corrected chi connectivity index (χ4v) is 2.82. The third-order valence-corrected chi connectivity index (χ3v) is 4.56. The van der Waals surface area contributed by atoms with Gasteiger partial charge in [0.2, 0.25) is 0 Å². The van der Waals surface area contributed by atoms with Crippen molar-refractivity contribution >= 4 is 5.91 Å². The van der Waals surface area contributed by atoms with Gasteiger partial charge in [-0.05, 0) is 55.9 Å². The Morgan fingerprint density at radius 3 is 2.70 bits per heavy atom. The molecule has 1 amide bonds. The summed E-state index contributed by atoms with van der Waals surface area (Å²) in [4.78, 5) is 14.5. The van der Waals surface area contributed by atoms with Gasteiger partial charge in [-0.25, -0.2) is 0 Å². The summed E-state index contributed by atoms with van der Waals surface area (Å²) < 4.78 is 11.5. The minimum absolute atomic E-state index is 0.0997. The van der Waals surface area contributed by atoms with Gasteiger partial charge in [0.1, 0.15) is 5.75 Å². The van der Waals surface area contributed by atoms with E-state index >= 15 is 0 Å². The molecular weight excluding hydrogens is 290 g/mol. The van der Waals surface area contributed by atoms with Gasteiger partial charge in [0.15, 0.2) is 0 Å². The molecule has 0 bridgehead atoms. The van der Waals surface area contributed by atoms with Gasteiger partial charge >= 0.3 is 0 Å². The summed E-state index contributed by atoms with van der Waals surface area (Å²) >= 11 is 0. The lowest BCUT2D eigenvalue weighted by molar-refractivity contribution is 0.0480. The van der Waals surface area contributed by atoms with Crippen LogP contribution in [-0.4, -0.2) is 43.2 Å². The molecule has 4 nitrogen and oxygen atoms in total. The van der Waals surface area contributed by atoms with Crippen LogP contribution >= 0.6 is 0 Å². The summed E-state index contributed by atoms with van der Waals surface area (Å²) in [5.41, 5.74) is 0.732. The van der Waals surface area contributed by atoms with E-state index in [4.69, 9.17) is 9.47 Å². The monoisotopic (exact) mass is 317 g/mol. The number of unbranched alkanes of at least 4 members (excludes halogenated alkanes) is 1. The molecule has 2 aliphatic rings. The van der Waals surface area contributed by atoms with Gasteiger partial charge in [-0.2, -0.15) is 0 Å². The number of rotatable bonds is 8. The first kappa shape index (κ1) is 16.3. The second kappa shape index (κ2) is 7.82. The highest BCUT2D eigenvalue weighted by Gasteiger charge is 2.29. The van der Waals surface area contributed by atoms with Crippen LogP contribution in [0.1, 0.15) is 49.4 Å². The lowest BCUT2D eigenvalue weighted by Gasteiger charge is -2.17. The Morgan fingerprint density at radius 2 is 2.00 bits per heavy atom. The van der Waals surface area contributed by atoms with Gasteiger partial charge in [-0.1, -0.05) is 13.3 Å². The molecule has 4 heteroatoms. The molecule has 3 rings (SSSR count). The van der Waals surface area contributed by atoms with Crippen molar-refractivity contribution in [1.82, 2.24) is 4.90 Å². The topological polar surface area (TPSA) is 38.8 Å². The molecule has 0 radical (unpaired) electrons. The molecule has 0 N–H and O–H groups in total. The van der Waals surface area contributed by atoms with Gasteiger partial charge in [-0.15, -0.1) is 0 Å². The van der Waals surface area contributed by atoms with Crippen LogP contribution in [0.25, 0.3) is 0 Å². The van der Waals surface area contributed by atoms with E-state index < -0.39 is 0 Å². The molecule has 1 saturated heterocycles. The van der Waals surface area contributed by atoms with Crippen molar-refractivity contribution in [2.24, 2.45) is 5.92 Å². The molecule has 1 aromatic carbocycles. The maximum Gasteiger partial charge on any atom is 0.253 e. The van der Waals surface area contributed by atoms with Crippen LogP contribution in [0.2, 0.25) is 0 Å². The summed E-state index contributed by atoms with van der Waals surface area (Å²) in [5.74, 6) is 1.71. The highest BCUT2D eigenvalue weighted by molar-refractivity contribution is 5.94. The number of benzene rings is 1. The van der Waals surface area contributed by atoms with Gasteiger partial charge in [0.05, 0.1) is 12.7 Å². The van der Waals surface area contributed by atoms with Crippen molar-refractivity contribution in [2.75, 3.05) is 26.3 Å². The highest BCUT2D eigenvalue weighted by Crippen LogP contribution is 2.30. The molecule has 2 fully saturated rings. The van der Waals surface area contributed by atoms with E-state index in [9.17, 15) is 4.79 Å². The van der Waals surface area contributed by atoms with Crippen molar-refractivity contribution in [3.8, 4) is 5.75 Å². The van der Waals surface area contributed by atoms with Crippen LogP contribution in [0.15, 0.2) is 24.3 Å². The zero-order valence-electron chi connectivity index (χ0n) is 14.0. The Bertz CT molecular complexity index is 510. The lowest BCUT2D eigenvalue weighted by Crippen LogP contribution is -2.30. The van der Waals surface area contributed by atoms with E-state index in [0.717, 1.165) is 62.8 Å². The van der Waals surface area contributed by atoms with E-state index in [2.05, 4.69) is 6.92 Å². The molecule has 1 atom stereocenters. The van der Waals surface area contributed by atoms with E-state index in [0.29, 0.717) is 0 Å². The van der Waals surface area contributed by atoms with Crippen molar-refractivity contribution < 1.29 is 14.3 Å². The molecule has 1 aliphatic carbocycles. The number of nitrogens with zero attached hydrogens (tertiary/aromatic N) is 1. The fraction of sp³-hybridized carbons (Fsp3) is 0.632. The minimum Gasteiger partial charge on any atom is -0.494 e. The molecule has 126 valence electrons. The molecule has 0 spiro atoms. The minimum atomic E-state index is 0.0997. The third-order valence-electron chi connectivity index (χ3n) is 4.56. The summed E-state index contributed by atoms with van der Waals surface area (Å²) in [6.45, 7) is 5.26. The van der Waals surface area contributed by atoms with Crippen LogP contribution in [0.5, 0.6) is 5.75 Å². The molecule has 1 saturated carbocycles. The first-order valence-corrected chi connectivity index (χ1v) is 8.90. The second-order valence-electron chi connectivity index (χ2n) is 6.66. The van der Waals surface area contributed by atoms with E-state index in [1.165, 1.54) is 12.8 Å². The number of hydrogen-bond acceptors (Lipinski definition) is 3. The maximum atomic E-state index is 12.5. The normalized spacial score (nSPS) is 20.7. The number of hydrogen-bond donors (Lipinski definition) is 0. The zero-order valence-corrected chi connectivity index (χ0v) is 14.0. The largest absolute Gasteiger partial charge is 0.494 e. The number of ether oxygens (including phenoxy) is 2. The van der Waals surface area contributed by atoms with E-state index in [-0.39, 0.29) is 12.0 Å². The first-order chi connectivity index (χ1) is 11.3. The average molecular weight is 317 g/mol. The van der Waals surface area contributed by atoms with Crippen LogP contribution in [0.4, 0.5) is 0 Å². The Hall–Kier alpha value is -1.55. The predicted octanol–water partition coefficient (Wildman–Crippen LogP) is 3.51. The molecule has 1 aliphatic heterocycles. The molecule has 1 heterocycles. The SMILES string of the molecule is CCCCOc1ccc(C(=O)N2CCC(OCC3CC3)C2)cc1. The standard InChI is InChI=1S/C19H27NO3/c1-2-3-12-22-17-8-6-16(7-9-17)19(21)20-11-10-18(13-20)23-14-15-4-5-15/h6-9,15,18H,2-5,10-14H2,1H3. The number of carbonyl (C=O) groups excluding carboxylic acids is 1. The molecular formula is C19H27NO3. The first-order valence-electron chi connectivity index (χ1n) is 8.90. The molecule has 1 aromatic rings. The summed E-state index contributed by atoms with van der Waals surface area (Å²) in [6.07, 6.45) is 5.96. The number of likely N-dealkylation sites (tertiary alicyclic amines) is 1. The van der Waals surface area contributed by atoms with Gasteiger partial charge in [0.25, 0.3) is 5.91 Å². The maximum absolute atomic E-state index is 12.5. The summed E-state index contributed by atoms with van der Waals surface area (Å²) in [7, 11) is 0. The Morgan fingerprint density at radius 1 is 1.22 bits per heavy atom. The Labute approximate surface area is 138 Å². The predicted molar refractivity (Wildman–Crippen MR) is 89.8 cm³/mol. The smallest absolute Gasteiger partial charge is 0.253 e. The molecule has 23 heavy (non-hydrogen) atoms. The van der Waals surface area contributed by atoms with Crippen molar-refractivity contribution in [3.05, 3.63) is 29.8 Å². The third kappa shape index (κ3) is 4.71. The van der Waals surface area contributed by atoms with Crippen molar-refractivity contribution in [1.29, 1.82) is 0 Å². The zero-order chi connectivity index (χ0) is 16.1. The fourth-order valence-electron chi connectivity index (χ4n) is 2.82. The van der Waals surface area contributed by atoms with Crippen LogP contribution in [-0.2, 0) is 4.74 Å². The molecule has 1 unspecified atom stereocenters. The Kier molecular flexibility index (Phi) is 5.55. The van der Waals surface area contributed by atoms with Crippen molar-refractivity contribution in [3.63, 3.8) is 0 Å². The van der Waals surface area contributed by atoms with Gasteiger partial charge < -0.3 is 14.4 Å². The quantitative estimate of drug-likeness (QED) is 0.689. The van der Waals surface area contributed by atoms with Crippen LogP contribution in [0.3, 0.4) is 0 Å². The van der Waals surface area contributed by atoms with Gasteiger partial charge in [0, 0.05) is 25.3 Å². The summed E-state index contributed by atoms with van der Waals surface area (Å²) in [5, 5.41) is 0. The van der Waals surface area contributed by atoms with Gasteiger partial charge in [-0.3, -0.25) is 4.79 Å². The average Bonchev–Trinajstić information content (AvgIpc) is 3.29. The number of amides is 1. The van der Waals surface area contributed by atoms with Crippen LogP contribution in [0, 0.1) is 5.92 Å².